The molecule has 0 amide bonds. The van der Waals surface area contributed by atoms with Gasteiger partial charge in [0.15, 0.2) is 0 Å². The molecule has 0 N–H and O–H groups in total. The Balaban J connectivity index is 1.38. The molecule has 1 fully saturated rings. The Kier molecular flexibility index (Phi) is 6.81. The van der Waals surface area contributed by atoms with Gasteiger partial charge in [0.1, 0.15) is 0 Å². The van der Waals surface area contributed by atoms with E-state index in [1.54, 1.807) is 0 Å². The van der Waals surface area contributed by atoms with Crippen LogP contribution in [0.3, 0.4) is 0 Å². The lowest BCUT2D eigenvalue weighted by Gasteiger charge is -2.34. The molecule has 0 radical (unpaired) electrons. The van der Waals surface area contributed by atoms with Crippen molar-refractivity contribution in [2.24, 2.45) is 5.92 Å². The van der Waals surface area contributed by atoms with Crippen LogP contribution in [0.1, 0.15) is 47.9 Å². The van der Waals surface area contributed by atoms with Gasteiger partial charge in [-0.25, -0.2) is 0 Å². The molecule has 1 aliphatic rings. The summed E-state index contributed by atoms with van der Waals surface area (Å²) in [6.45, 7) is 9.68. The van der Waals surface area contributed by atoms with E-state index in [0.29, 0.717) is 5.92 Å². The average molecular weight is 396 g/mol. The summed E-state index contributed by atoms with van der Waals surface area (Å²) in [7, 11) is 0. The van der Waals surface area contributed by atoms with E-state index in [1.807, 2.05) is 0 Å². The number of rotatable bonds is 7. The highest BCUT2D eigenvalue weighted by Crippen LogP contribution is 2.29. The van der Waals surface area contributed by atoms with E-state index in [2.05, 4.69) is 103 Å². The summed E-state index contributed by atoms with van der Waals surface area (Å²) in [6, 6.07) is 30.9. The van der Waals surface area contributed by atoms with Crippen molar-refractivity contribution in [2.45, 2.75) is 32.1 Å². The van der Waals surface area contributed by atoms with Gasteiger partial charge >= 0.3 is 0 Å². The van der Waals surface area contributed by atoms with Crippen LogP contribution in [0.4, 0.5) is 0 Å². The number of piperidine rings is 1. The summed E-state index contributed by atoms with van der Waals surface area (Å²) < 4.78 is 0. The van der Waals surface area contributed by atoms with Crippen LogP contribution in [-0.2, 0) is 6.42 Å². The first-order valence-corrected chi connectivity index (χ1v) is 11.3. The lowest BCUT2D eigenvalue weighted by molar-refractivity contribution is 0.179. The van der Waals surface area contributed by atoms with E-state index in [-0.39, 0.29) is 0 Å². The Hall–Kier alpha value is -2.64. The Labute approximate surface area is 182 Å². The maximum atomic E-state index is 4.09. The SMILES string of the molecule is C=C(C)c1cccc(CC2CCN(CC(c3ccccc3)c3ccccc3)CC2)c1. The molecule has 1 heteroatoms. The van der Waals surface area contributed by atoms with Gasteiger partial charge in [-0.2, -0.15) is 0 Å². The predicted molar refractivity (Wildman–Crippen MR) is 129 cm³/mol. The third kappa shape index (κ3) is 5.29. The summed E-state index contributed by atoms with van der Waals surface area (Å²) in [5, 5.41) is 0. The molecule has 0 spiro atoms. The fourth-order valence-corrected chi connectivity index (χ4v) is 4.70. The minimum absolute atomic E-state index is 0.441. The van der Waals surface area contributed by atoms with E-state index >= 15 is 0 Å². The minimum Gasteiger partial charge on any atom is -0.302 e. The molecule has 154 valence electrons. The molecule has 0 bridgehead atoms. The molecule has 1 nitrogen and oxygen atoms in total. The molecule has 1 saturated heterocycles. The fourth-order valence-electron chi connectivity index (χ4n) is 4.70. The molecule has 1 aliphatic heterocycles. The predicted octanol–water partition coefficient (Wildman–Crippen LogP) is 6.81. The van der Waals surface area contributed by atoms with Gasteiger partial charge in [-0.15, -0.1) is 0 Å². The number of hydrogen-bond acceptors (Lipinski definition) is 1. The van der Waals surface area contributed by atoms with Crippen LogP contribution in [0.5, 0.6) is 0 Å². The van der Waals surface area contributed by atoms with E-state index in [9.17, 15) is 0 Å². The minimum atomic E-state index is 0.441. The topological polar surface area (TPSA) is 3.24 Å². The standard InChI is InChI=1S/C29H33N/c1-23(2)28-15-9-10-25(21-28)20-24-16-18-30(19-17-24)22-29(26-11-5-3-6-12-26)27-13-7-4-8-14-27/h3-15,21,24,29H,1,16-20,22H2,2H3. The lowest BCUT2D eigenvalue weighted by atomic mass is 9.87. The number of hydrogen-bond donors (Lipinski definition) is 0. The monoisotopic (exact) mass is 395 g/mol. The van der Waals surface area contributed by atoms with Crippen molar-refractivity contribution in [2.75, 3.05) is 19.6 Å². The largest absolute Gasteiger partial charge is 0.302 e. The van der Waals surface area contributed by atoms with Gasteiger partial charge in [-0.1, -0.05) is 97.1 Å². The van der Waals surface area contributed by atoms with Gasteiger partial charge < -0.3 is 4.90 Å². The average Bonchev–Trinajstić information content (AvgIpc) is 2.80. The Bertz CT molecular complexity index is 897. The summed E-state index contributed by atoms with van der Waals surface area (Å²) >= 11 is 0. The van der Waals surface area contributed by atoms with Gasteiger partial charge in [-0.05, 0) is 67.4 Å². The molecule has 1 heterocycles. The molecule has 3 aromatic rings. The van der Waals surface area contributed by atoms with E-state index in [0.717, 1.165) is 18.0 Å². The number of nitrogens with zero attached hydrogens (tertiary/aromatic N) is 1. The van der Waals surface area contributed by atoms with Crippen molar-refractivity contribution in [3.8, 4) is 0 Å². The first kappa shape index (κ1) is 20.6. The zero-order chi connectivity index (χ0) is 20.8. The molecular formula is C29H33N. The summed E-state index contributed by atoms with van der Waals surface area (Å²) in [4.78, 5) is 2.67. The van der Waals surface area contributed by atoms with Crippen LogP contribution in [0.15, 0.2) is 91.5 Å². The Morgan fingerprint density at radius 1 is 0.867 bits per heavy atom. The Morgan fingerprint density at radius 3 is 2.03 bits per heavy atom. The highest BCUT2D eigenvalue weighted by atomic mass is 15.1. The summed E-state index contributed by atoms with van der Waals surface area (Å²) in [5.41, 5.74) is 6.73. The first-order valence-electron chi connectivity index (χ1n) is 11.3. The van der Waals surface area contributed by atoms with E-state index in [1.165, 1.54) is 54.6 Å². The van der Waals surface area contributed by atoms with Crippen molar-refractivity contribution in [3.05, 3.63) is 114 Å². The maximum Gasteiger partial charge on any atom is 0.0217 e. The zero-order valence-corrected chi connectivity index (χ0v) is 18.1. The van der Waals surface area contributed by atoms with Crippen LogP contribution in [0.2, 0.25) is 0 Å². The number of benzene rings is 3. The summed E-state index contributed by atoms with van der Waals surface area (Å²) in [5.74, 6) is 1.23. The molecule has 3 aromatic carbocycles. The molecule has 0 saturated carbocycles. The van der Waals surface area contributed by atoms with E-state index in [4.69, 9.17) is 0 Å². The van der Waals surface area contributed by atoms with Gasteiger partial charge in [0.05, 0.1) is 0 Å². The highest BCUT2D eigenvalue weighted by Gasteiger charge is 2.23. The maximum absolute atomic E-state index is 4.09. The molecule has 0 aliphatic carbocycles. The molecule has 0 aromatic heterocycles. The van der Waals surface area contributed by atoms with Crippen LogP contribution < -0.4 is 0 Å². The van der Waals surface area contributed by atoms with Crippen LogP contribution in [-0.4, -0.2) is 24.5 Å². The highest BCUT2D eigenvalue weighted by molar-refractivity contribution is 5.61. The van der Waals surface area contributed by atoms with Crippen molar-refractivity contribution < 1.29 is 0 Å². The van der Waals surface area contributed by atoms with Gasteiger partial charge in [0.25, 0.3) is 0 Å². The van der Waals surface area contributed by atoms with Crippen LogP contribution in [0, 0.1) is 5.92 Å². The smallest absolute Gasteiger partial charge is 0.0217 e. The number of likely N-dealkylation sites (tertiary alicyclic amines) is 1. The second kappa shape index (κ2) is 9.91. The number of allylic oxidation sites excluding steroid dienone is 1. The third-order valence-corrected chi connectivity index (χ3v) is 6.50. The van der Waals surface area contributed by atoms with E-state index < -0.39 is 0 Å². The van der Waals surface area contributed by atoms with Gasteiger partial charge in [0.2, 0.25) is 0 Å². The molecule has 0 unspecified atom stereocenters. The second-order valence-electron chi connectivity index (χ2n) is 8.80. The van der Waals surface area contributed by atoms with Crippen molar-refractivity contribution >= 4 is 5.57 Å². The van der Waals surface area contributed by atoms with Gasteiger partial charge in [0, 0.05) is 12.5 Å². The quantitative estimate of drug-likeness (QED) is 0.425. The molecule has 30 heavy (non-hydrogen) atoms. The van der Waals surface area contributed by atoms with Crippen molar-refractivity contribution in [1.29, 1.82) is 0 Å². The van der Waals surface area contributed by atoms with Crippen LogP contribution in [0.25, 0.3) is 5.57 Å². The first-order chi connectivity index (χ1) is 14.7. The van der Waals surface area contributed by atoms with Crippen LogP contribution >= 0.6 is 0 Å². The fraction of sp³-hybridized carbons (Fsp3) is 0.310. The summed E-state index contributed by atoms with van der Waals surface area (Å²) in [6.07, 6.45) is 3.76. The molecule has 0 atom stereocenters. The zero-order valence-electron chi connectivity index (χ0n) is 18.1. The third-order valence-electron chi connectivity index (χ3n) is 6.50. The Morgan fingerprint density at radius 2 is 1.47 bits per heavy atom. The van der Waals surface area contributed by atoms with Gasteiger partial charge in [-0.3, -0.25) is 0 Å². The molecular weight excluding hydrogens is 362 g/mol. The normalized spacial score (nSPS) is 15.4. The molecule has 4 rings (SSSR count). The van der Waals surface area contributed by atoms with Crippen molar-refractivity contribution in [1.82, 2.24) is 4.90 Å². The lowest BCUT2D eigenvalue weighted by Crippen LogP contribution is -2.37. The second-order valence-corrected chi connectivity index (χ2v) is 8.80. The van der Waals surface area contributed by atoms with Crippen molar-refractivity contribution in [3.63, 3.8) is 0 Å².